The van der Waals surface area contributed by atoms with E-state index in [0.29, 0.717) is 0 Å². The van der Waals surface area contributed by atoms with Gasteiger partial charge in [-0.05, 0) is 16.7 Å². The highest BCUT2D eigenvalue weighted by molar-refractivity contribution is 5.47. The van der Waals surface area contributed by atoms with Crippen LogP contribution in [0.2, 0.25) is 0 Å². The molecule has 4 N–H and O–H groups in total. The first-order chi connectivity index (χ1) is 15.0. The molecule has 4 rings (SSSR count). The number of hydrogen-bond donors (Lipinski definition) is 4. The van der Waals surface area contributed by atoms with Crippen LogP contribution in [0, 0.1) is 0 Å². The van der Waals surface area contributed by atoms with Crippen LogP contribution in [-0.4, -0.2) is 57.7 Å². The molecule has 0 aromatic heterocycles. The summed E-state index contributed by atoms with van der Waals surface area (Å²) in [6.45, 7) is -0.138. The topological polar surface area (TPSA) is 99.4 Å². The van der Waals surface area contributed by atoms with Crippen LogP contribution in [0.5, 0.6) is 0 Å². The number of benzene rings is 3. The standard InChI is InChI=1S/C25H26O6/c26-21-20(31-24(29)23(28)22(21)27)16-30-25(17-10-4-1-5-11-17,18-12-6-2-7-13-18)19-14-8-3-9-15-19/h1-15,20-24,26-29H,16H2/t20-,21+,22+,23-,24-/m0/s1. The van der Waals surface area contributed by atoms with Crippen molar-refractivity contribution in [2.45, 2.75) is 36.3 Å². The summed E-state index contributed by atoms with van der Waals surface area (Å²) in [5.41, 5.74) is 1.59. The van der Waals surface area contributed by atoms with Gasteiger partial charge in [-0.2, -0.15) is 0 Å². The number of aliphatic hydroxyl groups is 4. The Bertz CT molecular complexity index is 853. The second-order valence-corrected chi connectivity index (χ2v) is 7.63. The van der Waals surface area contributed by atoms with Crippen LogP contribution >= 0.6 is 0 Å². The molecule has 0 aliphatic carbocycles. The maximum absolute atomic E-state index is 10.4. The molecule has 5 atom stereocenters. The maximum atomic E-state index is 10.4. The molecule has 1 heterocycles. The lowest BCUT2D eigenvalue weighted by Crippen LogP contribution is -2.59. The van der Waals surface area contributed by atoms with Crippen LogP contribution in [0.25, 0.3) is 0 Å². The van der Waals surface area contributed by atoms with Gasteiger partial charge in [-0.3, -0.25) is 0 Å². The van der Waals surface area contributed by atoms with Gasteiger partial charge in [0.2, 0.25) is 0 Å². The summed E-state index contributed by atoms with van der Waals surface area (Å²) in [4.78, 5) is 0. The number of hydrogen-bond acceptors (Lipinski definition) is 6. The minimum absolute atomic E-state index is 0.138. The van der Waals surface area contributed by atoms with E-state index in [9.17, 15) is 20.4 Å². The van der Waals surface area contributed by atoms with Crippen LogP contribution in [0.1, 0.15) is 16.7 Å². The fraction of sp³-hybridized carbons (Fsp3) is 0.280. The van der Waals surface area contributed by atoms with Crippen molar-refractivity contribution in [2.24, 2.45) is 0 Å². The number of rotatable bonds is 6. The van der Waals surface area contributed by atoms with Crippen molar-refractivity contribution in [1.29, 1.82) is 0 Å². The van der Waals surface area contributed by atoms with Gasteiger partial charge >= 0.3 is 0 Å². The molecule has 0 amide bonds. The highest BCUT2D eigenvalue weighted by Gasteiger charge is 2.45. The van der Waals surface area contributed by atoms with Gasteiger partial charge in [-0.1, -0.05) is 91.0 Å². The molecule has 0 bridgehead atoms. The number of ether oxygens (including phenoxy) is 2. The van der Waals surface area contributed by atoms with E-state index >= 15 is 0 Å². The molecule has 1 aliphatic rings. The van der Waals surface area contributed by atoms with E-state index in [1.165, 1.54) is 0 Å². The molecule has 1 aliphatic heterocycles. The molecular formula is C25H26O6. The second-order valence-electron chi connectivity index (χ2n) is 7.63. The Kier molecular flexibility index (Phi) is 6.48. The first-order valence-electron chi connectivity index (χ1n) is 10.2. The minimum Gasteiger partial charge on any atom is -0.387 e. The summed E-state index contributed by atoms with van der Waals surface area (Å²) in [7, 11) is 0. The van der Waals surface area contributed by atoms with Crippen molar-refractivity contribution in [3.63, 3.8) is 0 Å². The van der Waals surface area contributed by atoms with Gasteiger partial charge < -0.3 is 29.9 Å². The van der Waals surface area contributed by atoms with Crippen LogP contribution < -0.4 is 0 Å². The van der Waals surface area contributed by atoms with Crippen molar-refractivity contribution in [2.75, 3.05) is 6.61 Å². The molecule has 6 nitrogen and oxygen atoms in total. The predicted octanol–water partition coefficient (Wildman–Crippen LogP) is 1.79. The summed E-state index contributed by atoms with van der Waals surface area (Å²) < 4.78 is 11.9. The molecule has 0 spiro atoms. The summed E-state index contributed by atoms with van der Waals surface area (Å²) in [6.07, 6.45) is -7.21. The van der Waals surface area contributed by atoms with Crippen molar-refractivity contribution in [3.8, 4) is 0 Å². The normalized spacial score (nSPS) is 26.5. The molecule has 0 unspecified atom stereocenters. The Balaban J connectivity index is 1.78. The molecule has 0 saturated carbocycles. The minimum atomic E-state index is -1.62. The van der Waals surface area contributed by atoms with Gasteiger partial charge in [-0.15, -0.1) is 0 Å². The number of aliphatic hydroxyl groups excluding tert-OH is 4. The second kappa shape index (κ2) is 9.28. The Labute approximate surface area is 180 Å². The van der Waals surface area contributed by atoms with E-state index in [4.69, 9.17) is 9.47 Å². The molecule has 1 fully saturated rings. The van der Waals surface area contributed by atoms with Crippen LogP contribution in [-0.2, 0) is 15.1 Å². The summed E-state index contributed by atoms with van der Waals surface area (Å²) >= 11 is 0. The third-order valence-electron chi connectivity index (χ3n) is 5.69. The van der Waals surface area contributed by atoms with Gasteiger partial charge in [0.05, 0.1) is 6.61 Å². The van der Waals surface area contributed by atoms with Gasteiger partial charge in [-0.25, -0.2) is 0 Å². The lowest BCUT2D eigenvalue weighted by molar-refractivity contribution is -0.291. The predicted molar refractivity (Wildman–Crippen MR) is 114 cm³/mol. The fourth-order valence-electron chi connectivity index (χ4n) is 4.04. The quantitative estimate of drug-likeness (QED) is 0.452. The van der Waals surface area contributed by atoms with E-state index in [1.807, 2.05) is 91.0 Å². The Morgan fingerprint density at radius 3 is 1.45 bits per heavy atom. The van der Waals surface area contributed by atoms with Crippen molar-refractivity contribution in [3.05, 3.63) is 108 Å². The highest BCUT2D eigenvalue weighted by Crippen LogP contribution is 2.41. The average Bonchev–Trinajstić information content (AvgIpc) is 2.83. The summed E-state index contributed by atoms with van der Waals surface area (Å²) in [6, 6.07) is 29.1. The largest absolute Gasteiger partial charge is 0.387 e. The zero-order chi connectivity index (χ0) is 21.8. The van der Waals surface area contributed by atoms with Crippen molar-refractivity contribution >= 4 is 0 Å². The third kappa shape index (κ3) is 4.14. The molecule has 3 aromatic carbocycles. The third-order valence-corrected chi connectivity index (χ3v) is 5.69. The van der Waals surface area contributed by atoms with Crippen LogP contribution in [0.3, 0.4) is 0 Å². The van der Waals surface area contributed by atoms with Crippen molar-refractivity contribution < 1.29 is 29.9 Å². The smallest absolute Gasteiger partial charge is 0.184 e. The Morgan fingerprint density at radius 2 is 1.03 bits per heavy atom. The lowest BCUT2D eigenvalue weighted by Gasteiger charge is -2.41. The van der Waals surface area contributed by atoms with E-state index in [1.54, 1.807) is 0 Å². The molecule has 1 saturated heterocycles. The van der Waals surface area contributed by atoms with E-state index < -0.39 is 36.3 Å². The Hall–Kier alpha value is -2.58. The van der Waals surface area contributed by atoms with E-state index in [2.05, 4.69) is 0 Å². The van der Waals surface area contributed by atoms with Gasteiger partial charge in [0.25, 0.3) is 0 Å². The zero-order valence-corrected chi connectivity index (χ0v) is 16.9. The maximum Gasteiger partial charge on any atom is 0.184 e. The fourth-order valence-corrected chi connectivity index (χ4v) is 4.04. The van der Waals surface area contributed by atoms with Crippen LogP contribution in [0.4, 0.5) is 0 Å². The van der Waals surface area contributed by atoms with Gasteiger partial charge in [0.15, 0.2) is 6.29 Å². The molecular weight excluding hydrogens is 396 g/mol. The van der Waals surface area contributed by atoms with Crippen molar-refractivity contribution in [1.82, 2.24) is 0 Å². The van der Waals surface area contributed by atoms with E-state index in [0.717, 1.165) is 16.7 Å². The van der Waals surface area contributed by atoms with Crippen LogP contribution in [0.15, 0.2) is 91.0 Å². The summed E-state index contributed by atoms with van der Waals surface area (Å²) in [5, 5.41) is 40.2. The van der Waals surface area contributed by atoms with E-state index in [-0.39, 0.29) is 6.61 Å². The summed E-state index contributed by atoms with van der Waals surface area (Å²) in [5.74, 6) is 0. The molecule has 162 valence electrons. The molecule has 6 heteroatoms. The monoisotopic (exact) mass is 422 g/mol. The average molecular weight is 422 g/mol. The highest BCUT2D eigenvalue weighted by atomic mass is 16.6. The first kappa shape index (κ1) is 21.6. The lowest BCUT2D eigenvalue weighted by atomic mass is 9.80. The van der Waals surface area contributed by atoms with Gasteiger partial charge in [0.1, 0.15) is 30.0 Å². The molecule has 3 aromatic rings. The Morgan fingerprint density at radius 1 is 0.613 bits per heavy atom. The molecule has 0 radical (unpaired) electrons. The zero-order valence-electron chi connectivity index (χ0n) is 16.9. The first-order valence-corrected chi connectivity index (χ1v) is 10.2. The van der Waals surface area contributed by atoms with Gasteiger partial charge in [0, 0.05) is 0 Å². The molecule has 31 heavy (non-hydrogen) atoms. The SMILES string of the molecule is O[C@@H]1[C@H](O)[C@H](COC(c2ccccc2)(c2ccccc2)c2ccccc2)O[C@H](O)[C@H]1O.